The SMILES string of the molecule is CC(CO)C(C)NC(=O)Cc1cn2ccsc2n1. The lowest BCUT2D eigenvalue weighted by atomic mass is 10.1. The van der Waals surface area contributed by atoms with E-state index in [-0.39, 0.29) is 30.9 Å². The number of fused-ring (bicyclic) bond motifs is 1. The maximum Gasteiger partial charge on any atom is 0.226 e. The van der Waals surface area contributed by atoms with Gasteiger partial charge in [0.05, 0.1) is 12.1 Å². The second kappa shape index (κ2) is 5.49. The summed E-state index contributed by atoms with van der Waals surface area (Å²) in [5, 5.41) is 13.8. The van der Waals surface area contributed by atoms with Crippen LogP contribution in [0.2, 0.25) is 0 Å². The van der Waals surface area contributed by atoms with Crippen molar-refractivity contribution in [1.29, 1.82) is 0 Å². The van der Waals surface area contributed by atoms with E-state index in [0.717, 1.165) is 10.7 Å². The molecule has 18 heavy (non-hydrogen) atoms. The number of rotatable bonds is 5. The van der Waals surface area contributed by atoms with Gasteiger partial charge in [0.25, 0.3) is 0 Å². The number of thiazole rings is 1. The Balaban J connectivity index is 1.93. The fraction of sp³-hybridized carbons (Fsp3) is 0.500. The number of imidazole rings is 1. The van der Waals surface area contributed by atoms with Crippen molar-refractivity contribution in [3.63, 3.8) is 0 Å². The summed E-state index contributed by atoms with van der Waals surface area (Å²) in [4.78, 5) is 17.1. The number of carbonyl (C=O) groups excluding carboxylic acids is 1. The van der Waals surface area contributed by atoms with E-state index in [1.165, 1.54) is 0 Å². The van der Waals surface area contributed by atoms with Gasteiger partial charge < -0.3 is 10.4 Å². The van der Waals surface area contributed by atoms with Crippen LogP contribution >= 0.6 is 11.3 Å². The largest absolute Gasteiger partial charge is 0.396 e. The molecule has 5 nitrogen and oxygen atoms in total. The smallest absolute Gasteiger partial charge is 0.226 e. The van der Waals surface area contributed by atoms with Gasteiger partial charge in [-0.2, -0.15) is 0 Å². The molecule has 2 rings (SSSR count). The third-order valence-electron chi connectivity index (χ3n) is 3.02. The van der Waals surface area contributed by atoms with Gasteiger partial charge in [0.2, 0.25) is 5.91 Å². The van der Waals surface area contributed by atoms with E-state index < -0.39 is 0 Å². The minimum Gasteiger partial charge on any atom is -0.396 e. The number of hydrogen-bond acceptors (Lipinski definition) is 4. The summed E-state index contributed by atoms with van der Waals surface area (Å²) < 4.78 is 1.91. The van der Waals surface area contributed by atoms with Crippen molar-refractivity contribution < 1.29 is 9.90 Å². The molecule has 2 heterocycles. The number of aliphatic hydroxyl groups excluding tert-OH is 1. The van der Waals surface area contributed by atoms with Crippen LogP contribution in [0.3, 0.4) is 0 Å². The van der Waals surface area contributed by atoms with Crippen molar-refractivity contribution in [2.24, 2.45) is 5.92 Å². The molecule has 0 fully saturated rings. The Bertz CT molecular complexity index is 506. The standard InChI is InChI=1S/C12H17N3O2S/c1-8(7-16)9(2)13-11(17)5-10-6-15-3-4-18-12(15)14-10/h3-4,6,8-9,16H,5,7H2,1-2H3,(H,13,17). The van der Waals surface area contributed by atoms with Crippen LogP contribution in [-0.4, -0.2) is 33.0 Å². The first-order chi connectivity index (χ1) is 8.60. The molecule has 2 aromatic heterocycles. The van der Waals surface area contributed by atoms with Gasteiger partial charge in [0, 0.05) is 30.4 Å². The zero-order chi connectivity index (χ0) is 13.1. The van der Waals surface area contributed by atoms with Crippen molar-refractivity contribution in [3.8, 4) is 0 Å². The van der Waals surface area contributed by atoms with Gasteiger partial charge in [-0.3, -0.25) is 9.20 Å². The Morgan fingerprint density at radius 1 is 1.61 bits per heavy atom. The highest BCUT2D eigenvalue weighted by atomic mass is 32.1. The number of aliphatic hydroxyl groups is 1. The van der Waals surface area contributed by atoms with Gasteiger partial charge in [0.1, 0.15) is 0 Å². The van der Waals surface area contributed by atoms with E-state index in [4.69, 9.17) is 5.11 Å². The summed E-state index contributed by atoms with van der Waals surface area (Å²) in [6.07, 6.45) is 4.06. The van der Waals surface area contributed by atoms with E-state index >= 15 is 0 Å². The first-order valence-corrected chi connectivity index (χ1v) is 6.79. The second-order valence-corrected chi connectivity index (χ2v) is 5.39. The normalized spacial score (nSPS) is 14.6. The van der Waals surface area contributed by atoms with Crippen LogP contribution < -0.4 is 5.32 Å². The zero-order valence-electron chi connectivity index (χ0n) is 10.5. The molecule has 6 heteroatoms. The topological polar surface area (TPSA) is 66.6 Å². The van der Waals surface area contributed by atoms with Crippen molar-refractivity contribution in [1.82, 2.24) is 14.7 Å². The van der Waals surface area contributed by atoms with Crippen LogP contribution in [-0.2, 0) is 11.2 Å². The Morgan fingerprint density at radius 2 is 2.39 bits per heavy atom. The number of nitrogens with zero attached hydrogens (tertiary/aromatic N) is 2. The van der Waals surface area contributed by atoms with E-state index in [9.17, 15) is 4.79 Å². The third-order valence-corrected chi connectivity index (χ3v) is 3.79. The molecule has 2 unspecified atom stereocenters. The molecule has 0 aromatic carbocycles. The molecular formula is C12H17N3O2S. The molecule has 0 saturated heterocycles. The van der Waals surface area contributed by atoms with E-state index in [2.05, 4.69) is 10.3 Å². The molecule has 0 aliphatic carbocycles. The zero-order valence-corrected chi connectivity index (χ0v) is 11.3. The van der Waals surface area contributed by atoms with Crippen molar-refractivity contribution >= 4 is 22.2 Å². The summed E-state index contributed by atoms with van der Waals surface area (Å²) in [5.41, 5.74) is 0.767. The molecule has 0 radical (unpaired) electrons. The van der Waals surface area contributed by atoms with Crippen molar-refractivity contribution in [3.05, 3.63) is 23.5 Å². The minimum atomic E-state index is -0.0615. The summed E-state index contributed by atoms with van der Waals surface area (Å²) in [6, 6.07) is -0.0359. The lowest BCUT2D eigenvalue weighted by Gasteiger charge is -2.18. The average molecular weight is 267 g/mol. The number of carbonyl (C=O) groups is 1. The molecule has 2 aromatic rings. The van der Waals surface area contributed by atoms with E-state index in [1.807, 2.05) is 36.0 Å². The Labute approximate surface area is 109 Å². The van der Waals surface area contributed by atoms with Crippen LogP contribution in [0.5, 0.6) is 0 Å². The van der Waals surface area contributed by atoms with Crippen LogP contribution in [0.15, 0.2) is 17.8 Å². The van der Waals surface area contributed by atoms with Crippen LogP contribution in [0.25, 0.3) is 4.96 Å². The minimum absolute atomic E-state index is 0.0359. The fourth-order valence-corrected chi connectivity index (χ4v) is 2.35. The highest BCUT2D eigenvalue weighted by Gasteiger charge is 2.15. The third kappa shape index (κ3) is 2.88. The molecule has 0 aliphatic heterocycles. The number of aromatic nitrogens is 2. The van der Waals surface area contributed by atoms with Gasteiger partial charge in [-0.1, -0.05) is 6.92 Å². The summed E-state index contributed by atoms with van der Waals surface area (Å²) in [7, 11) is 0. The Morgan fingerprint density at radius 3 is 3.06 bits per heavy atom. The first kappa shape index (κ1) is 13.0. The van der Waals surface area contributed by atoms with Crippen molar-refractivity contribution in [2.45, 2.75) is 26.3 Å². The monoisotopic (exact) mass is 267 g/mol. The molecule has 0 spiro atoms. The van der Waals surface area contributed by atoms with Crippen LogP contribution in [0, 0.1) is 5.92 Å². The number of amides is 1. The molecule has 2 N–H and O–H groups in total. The van der Waals surface area contributed by atoms with Gasteiger partial charge in [-0.15, -0.1) is 11.3 Å². The first-order valence-electron chi connectivity index (χ1n) is 5.91. The van der Waals surface area contributed by atoms with Crippen LogP contribution in [0.1, 0.15) is 19.5 Å². The summed E-state index contributed by atoms with van der Waals surface area (Å²) >= 11 is 1.54. The molecule has 0 aliphatic rings. The molecular weight excluding hydrogens is 250 g/mol. The maximum absolute atomic E-state index is 11.8. The maximum atomic E-state index is 11.8. The Kier molecular flexibility index (Phi) is 3.98. The van der Waals surface area contributed by atoms with E-state index in [1.54, 1.807) is 11.3 Å². The predicted molar refractivity (Wildman–Crippen MR) is 70.6 cm³/mol. The summed E-state index contributed by atoms with van der Waals surface area (Å²) in [5.74, 6) is -0.00649. The lowest BCUT2D eigenvalue weighted by molar-refractivity contribution is -0.121. The Hall–Kier alpha value is -1.40. The fourth-order valence-electron chi connectivity index (χ4n) is 1.63. The number of hydrogen-bond donors (Lipinski definition) is 2. The van der Waals surface area contributed by atoms with Gasteiger partial charge >= 0.3 is 0 Å². The highest BCUT2D eigenvalue weighted by molar-refractivity contribution is 7.15. The lowest BCUT2D eigenvalue weighted by Crippen LogP contribution is -2.39. The second-order valence-electron chi connectivity index (χ2n) is 4.52. The van der Waals surface area contributed by atoms with E-state index in [0.29, 0.717) is 0 Å². The average Bonchev–Trinajstić information content (AvgIpc) is 2.87. The molecule has 2 atom stereocenters. The van der Waals surface area contributed by atoms with Gasteiger partial charge in [-0.25, -0.2) is 4.98 Å². The summed E-state index contributed by atoms with van der Waals surface area (Å²) in [6.45, 7) is 3.86. The molecule has 0 bridgehead atoms. The number of nitrogens with one attached hydrogen (secondary N) is 1. The van der Waals surface area contributed by atoms with Gasteiger partial charge in [0.15, 0.2) is 4.96 Å². The highest BCUT2D eigenvalue weighted by Crippen LogP contribution is 2.11. The molecule has 1 amide bonds. The predicted octanol–water partition coefficient (Wildman–Crippen LogP) is 1.07. The molecule has 98 valence electrons. The molecule has 0 saturated carbocycles. The quantitative estimate of drug-likeness (QED) is 0.851. The van der Waals surface area contributed by atoms with Crippen molar-refractivity contribution in [2.75, 3.05) is 6.61 Å². The van der Waals surface area contributed by atoms with Gasteiger partial charge in [-0.05, 0) is 12.8 Å². The van der Waals surface area contributed by atoms with Crippen LogP contribution in [0.4, 0.5) is 0 Å².